The molecule has 0 atom stereocenters. The number of hydrogen-bond acceptors (Lipinski definition) is 4. The van der Waals surface area contributed by atoms with E-state index in [4.69, 9.17) is 5.73 Å². The van der Waals surface area contributed by atoms with Gasteiger partial charge in [-0.05, 0) is 42.8 Å². The third kappa shape index (κ3) is 2.60. The summed E-state index contributed by atoms with van der Waals surface area (Å²) in [6.07, 6.45) is 1.52. The Morgan fingerprint density at radius 1 is 1.22 bits per heavy atom. The highest BCUT2D eigenvalue weighted by Gasteiger charge is 2.15. The molecule has 94 valence electrons. The van der Waals surface area contributed by atoms with Gasteiger partial charge in [0.25, 0.3) is 10.0 Å². The quantitative estimate of drug-likeness (QED) is 0.826. The molecule has 2 rings (SSSR count). The Morgan fingerprint density at radius 2 is 2.00 bits per heavy atom. The smallest absolute Gasteiger partial charge is 0.263 e. The molecule has 2 aromatic rings. The fraction of sp³-hybridized carbons (Fsp3) is 0.0833. The minimum absolute atomic E-state index is 0.167. The van der Waals surface area contributed by atoms with Gasteiger partial charge in [-0.15, -0.1) is 0 Å². The van der Waals surface area contributed by atoms with Gasteiger partial charge in [0, 0.05) is 11.9 Å². The number of hydrogen-bond donors (Lipinski definition) is 2. The number of aromatic nitrogens is 1. The van der Waals surface area contributed by atoms with Crippen molar-refractivity contribution in [1.29, 1.82) is 0 Å². The number of nitrogen functional groups attached to an aromatic ring is 1. The average molecular weight is 263 g/mol. The topological polar surface area (TPSA) is 85.1 Å². The maximum Gasteiger partial charge on any atom is 0.263 e. The normalized spacial score (nSPS) is 11.2. The third-order valence-electron chi connectivity index (χ3n) is 2.46. The van der Waals surface area contributed by atoms with Crippen LogP contribution in [0.2, 0.25) is 0 Å². The maximum atomic E-state index is 12.1. The van der Waals surface area contributed by atoms with Gasteiger partial charge in [0.1, 0.15) is 5.82 Å². The first-order valence-electron chi connectivity index (χ1n) is 5.29. The van der Waals surface area contributed by atoms with Crippen molar-refractivity contribution >= 4 is 21.5 Å². The number of sulfonamides is 1. The van der Waals surface area contributed by atoms with E-state index in [-0.39, 0.29) is 10.7 Å². The van der Waals surface area contributed by atoms with E-state index in [0.29, 0.717) is 5.69 Å². The number of aryl methyl sites for hydroxylation is 1. The Bertz CT molecular complexity index is 654. The van der Waals surface area contributed by atoms with Crippen molar-refractivity contribution in [2.45, 2.75) is 11.8 Å². The first kappa shape index (κ1) is 12.4. The van der Waals surface area contributed by atoms with Gasteiger partial charge in [0.2, 0.25) is 0 Å². The van der Waals surface area contributed by atoms with Crippen LogP contribution in [-0.4, -0.2) is 13.4 Å². The van der Waals surface area contributed by atoms with E-state index in [1.807, 2.05) is 0 Å². The van der Waals surface area contributed by atoms with Crippen LogP contribution in [-0.2, 0) is 10.0 Å². The van der Waals surface area contributed by atoms with E-state index in [2.05, 4.69) is 9.71 Å². The van der Waals surface area contributed by atoms with Crippen LogP contribution >= 0.6 is 0 Å². The summed E-state index contributed by atoms with van der Waals surface area (Å²) >= 11 is 0. The number of benzene rings is 1. The second kappa shape index (κ2) is 4.66. The lowest BCUT2D eigenvalue weighted by atomic mass is 10.2. The highest BCUT2D eigenvalue weighted by Crippen LogP contribution is 2.18. The summed E-state index contributed by atoms with van der Waals surface area (Å²) in [5, 5.41) is 0. The first-order chi connectivity index (χ1) is 8.49. The molecule has 0 aliphatic heterocycles. The summed E-state index contributed by atoms with van der Waals surface area (Å²) in [4.78, 5) is 4.08. The van der Waals surface area contributed by atoms with Crippen molar-refractivity contribution in [2.24, 2.45) is 0 Å². The van der Waals surface area contributed by atoms with Gasteiger partial charge in [-0.3, -0.25) is 4.72 Å². The molecule has 0 spiro atoms. The van der Waals surface area contributed by atoms with Crippen LogP contribution < -0.4 is 10.5 Å². The SMILES string of the molecule is Cc1cc(S(=O)(=O)Nc2ccccn2)ccc1N. The van der Waals surface area contributed by atoms with Crippen LogP contribution in [0.25, 0.3) is 0 Å². The number of anilines is 2. The molecule has 0 bridgehead atoms. The molecule has 1 aromatic heterocycles. The van der Waals surface area contributed by atoms with Crippen LogP contribution in [0.1, 0.15) is 5.56 Å². The van der Waals surface area contributed by atoms with E-state index in [1.54, 1.807) is 31.2 Å². The zero-order valence-electron chi connectivity index (χ0n) is 9.79. The van der Waals surface area contributed by atoms with Gasteiger partial charge >= 0.3 is 0 Å². The summed E-state index contributed by atoms with van der Waals surface area (Å²) in [6, 6.07) is 9.57. The number of rotatable bonds is 3. The fourth-order valence-corrected chi connectivity index (χ4v) is 2.53. The zero-order chi connectivity index (χ0) is 13.2. The molecular formula is C12H13N3O2S. The van der Waals surface area contributed by atoms with Gasteiger partial charge in [-0.2, -0.15) is 0 Å². The summed E-state index contributed by atoms with van der Waals surface area (Å²) in [7, 11) is -3.62. The lowest BCUT2D eigenvalue weighted by Gasteiger charge is -2.08. The van der Waals surface area contributed by atoms with Gasteiger partial charge in [0.05, 0.1) is 4.90 Å². The highest BCUT2D eigenvalue weighted by molar-refractivity contribution is 7.92. The number of nitrogens with one attached hydrogen (secondary N) is 1. The Kier molecular flexibility index (Phi) is 3.20. The molecule has 0 radical (unpaired) electrons. The van der Waals surface area contributed by atoms with Gasteiger partial charge in [-0.25, -0.2) is 13.4 Å². The predicted molar refractivity (Wildman–Crippen MR) is 70.6 cm³/mol. The van der Waals surface area contributed by atoms with E-state index < -0.39 is 10.0 Å². The van der Waals surface area contributed by atoms with Crippen LogP contribution in [0, 0.1) is 6.92 Å². The molecule has 0 unspecified atom stereocenters. The van der Waals surface area contributed by atoms with Gasteiger partial charge in [-0.1, -0.05) is 6.07 Å². The molecule has 0 aliphatic carbocycles. The van der Waals surface area contributed by atoms with Crippen molar-refractivity contribution in [1.82, 2.24) is 4.98 Å². The van der Waals surface area contributed by atoms with Crippen LogP contribution in [0.5, 0.6) is 0 Å². The van der Waals surface area contributed by atoms with Crippen LogP contribution in [0.3, 0.4) is 0 Å². The summed E-state index contributed by atoms with van der Waals surface area (Å²) in [6.45, 7) is 1.76. The van der Waals surface area contributed by atoms with Gasteiger partial charge in [0.15, 0.2) is 0 Å². The molecule has 1 aromatic carbocycles. The van der Waals surface area contributed by atoms with E-state index >= 15 is 0 Å². The molecule has 0 aliphatic rings. The zero-order valence-corrected chi connectivity index (χ0v) is 10.6. The van der Waals surface area contributed by atoms with Crippen molar-refractivity contribution in [3.8, 4) is 0 Å². The molecule has 18 heavy (non-hydrogen) atoms. The monoisotopic (exact) mass is 263 g/mol. The fourth-order valence-electron chi connectivity index (χ4n) is 1.44. The standard InChI is InChI=1S/C12H13N3O2S/c1-9-8-10(5-6-11(9)13)18(16,17)15-12-4-2-3-7-14-12/h2-8H,13H2,1H3,(H,14,15). The lowest BCUT2D eigenvalue weighted by Crippen LogP contribution is -2.14. The van der Waals surface area contributed by atoms with Crippen molar-refractivity contribution in [2.75, 3.05) is 10.5 Å². The predicted octanol–water partition coefficient (Wildman–Crippen LogP) is 1.77. The average Bonchev–Trinajstić information content (AvgIpc) is 2.33. The number of nitrogens with zero attached hydrogens (tertiary/aromatic N) is 1. The molecule has 3 N–H and O–H groups in total. The third-order valence-corrected chi connectivity index (χ3v) is 3.81. The second-order valence-electron chi connectivity index (χ2n) is 3.84. The number of pyridine rings is 1. The minimum Gasteiger partial charge on any atom is -0.399 e. The Hall–Kier alpha value is -2.08. The molecule has 5 nitrogen and oxygen atoms in total. The van der Waals surface area contributed by atoms with Crippen LogP contribution in [0.15, 0.2) is 47.5 Å². The van der Waals surface area contributed by atoms with Gasteiger partial charge < -0.3 is 5.73 Å². The second-order valence-corrected chi connectivity index (χ2v) is 5.52. The van der Waals surface area contributed by atoms with Crippen molar-refractivity contribution in [3.63, 3.8) is 0 Å². The van der Waals surface area contributed by atoms with Crippen LogP contribution in [0.4, 0.5) is 11.5 Å². The molecule has 6 heteroatoms. The Labute approximate surface area is 106 Å². The van der Waals surface area contributed by atoms with E-state index in [1.165, 1.54) is 18.3 Å². The lowest BCUT2D eigenvalue weighted by molar-refractivity contribution is 0.601. The molecular weight excluding hydrogens is 250 g/mol. The van der Waals surface area contributed by atoms with E-state index in [0.717, 1.165) is 5.56 Å². The highest BCUT2D eigenvalue weighted by atomic mass is 32.2. The Balaban J connectivity index is 2.34. The molecule has 0 saturated heterocycles. The maximum absolute atomic E-state index is 12.1. The molecule has 1 heterocycles. The van der Waals surface area contributed by atoms with E-state index in [9.17, 15) is 8.42 Å². The largest absolute Gasteiger partial charge is 0.399 e. The summed E-state index contributed by atoms with van der Waals surface area (Å²) < 4.78 is 26.5. The van der Waals surface area contributed by atoms with Crippen molar-refractivity contribution < 1.29 is 8.42 Å². The first-order valence-corrected chi connectivity index (χ1v) is 6.77. The Morgan fingerprint density at radius 3 is 2.61 bits per heavy atom. The summed E-state index contributed by atoms with van der Waals surface area (Å²) in [5.41, 5.74) is 6.94. The molecule has 0 amide bonds. The van der Waals surface area contributed by atoms with Crippen molar-refractivity contribution in [3.05, 3.63) is 48.2 Å². The summed E-state index contributed by atoms with van der Waals surface area (Å²) in [5.74, 6) is 0.284. The number of nitrogens with two attached hydrogens (primary N) is 1. The molecule has 0 fully saturated rings. The minimum atomic E-state index is -3.62. The molecule has 0 saturated carbocycles.